The highest BCUT2D eigenvalue weighted by atomic mass is 16.6. The van der Waals surface area contributed by atoms with Crippen LogP contribution < -0.4 is 0 Å². The second kappa shape index (κ2) is 24.2. The number of aliphatic hydroxyl groups is 3. The number of carbonyl (C=O) groups is 3. The minimum Gasteiger partial charge on any atom is -0.462 e. The van der Waals surface area contributed by atoms with Crippen LogP contribution in [0.25, 0.3) is 29.2 Å². The summed E-state index contributed by atoms with van der Waals surface area (Å²) in [4.78, 5) is 52.4. The molecule has 3 aromatic heterocycles. The molecule has 1 amide bonds. The molecule has 17 nitrogen and oxygen atoms in total. The molecule has 342 valence electrons. The van der Waals surface area contributed by atoms with Crippen LogP contribution in [0, 0.1) is 29.6 Å². The molecule has 0 radical (unpaired) electrons. The van der Waals surface area contributed by atoms with E-state index < -0.39 is 60.5 Å². The number of carbonyl (C=O) groups excluding carboxylic acids is 3. The van der Waals surface area contributed by atoms with E-state index in [1.165, 1.54) is 43.0 Å². The van der Waals surface area contributed by atoms with Gasteiger partial charge in [0, 0.05) is 58.8 Å². The largest absolute Gasteiger partial charge is 0.462 e. The van der Waals surface area contributed by atoms with E-state index in [0.717, 1.165) is 0 Å². The first kappa shape index (κ1) is 49.9. The van der Waals surface area contributed by atoms with Gasteiger partial charge in [-0.05, 0) is 43.8 Å². The van der Waals surface area contributed by atoms with Crippen molar-refractivity contribution in [3.8, 4) is 23.2 Å². The second-order valence-corrected chi connectivity index (χ2v) is 16.3. The Hall–Kier alpha value is -4.78. The van der Waals surface area contributed by atoms with E-state index in [0.29, 0.717) is 42.8 Å². The Kier molecular flexibility index (Phi) is 19.4. The van der Waals surface area contributed by atoms with E-state index in [9.17, 15) is 29.7 Å². The lowest BCUT2D eigenvalue weighted by Crippen LogP contribution is -2.39. The number of nitrogens with zero attached hydrogens (tertiary/aromatic N) is 4. The Balaban J connectivity index is 1.54. The van der Waals surface area contributed by atoms with Crippen LogP contribution in [0.3, 0.4) is 0 Å². The first-order valence-electron chi connectivity index (χ1n) is 21.0. The Morgan fingerprint density at radius 1 is 0.903 bits per heavy atom. The normalized spacial score (nSPS) is 26.0. The molecule has 0 saturated heterocycles. The number of rotatable bonds is 15. The molecule has 4 heterocycles. The second-order valence-electron chi connectivity index (χ2n) is 16.3. The third-order valence-electron chi connectivity index (χ3n) is 11.7. The van der Waals surface area contributed by atoms with Gasteiger partial charge in [-0.25, -0.2) is 15.0 Å². The highest BCUT2D eigenvalue weighted by Crippen LogP contribution is 2.32. The predicted molar refractivity (Wildman–Crippen MR) is 226 cm³/mol. The van der Waals surface area contributed by atoms with Gasteiger partial charge in [-0.15, -0.1) is 0 Å². The maximum absolute atomic E-state index is 13.5. The molecule has 17 heteroatoms. The summed E-state index contributed by atoms with van der Waals surface area (Å²) in [5.74, 6) is -2.22. The maximum Gasteiger partial charge on any atom is 0.308 e. The van der Waals surface area contributed by atoms with E-state index in [2.05, 4.69) is 15.0 Å². The highest BCUT2D eigenvalue weighted by molar-refractivity contribution is 5.92. The molecule has 0 fully saturated rings. The van der Waals surface area contributed by atoms with Crippen LogP contribution in [0.1, 0.15) is 90.8 Å². The van der Waals surface area contributed by atoms with E-state index in [1.807, 2.05) is 26.8 Å². The van der Waals surface area contributed by atoms with Crippen molar-refractivity contribution in [1.29, 1.82) is 0 Å². The van der Waals surface area contributed by atoms with Crippen LogP contribution in [0.15, 0.2) is 62.5 Å². The molecule has 0 spiro atoms. The van der Waals surface area contributed by atoms with Crippen LogP contribution in [0.2, 0.25) is 0 Å². The summed E-state index contributed by atoms with van der Waals surface area (Å²) >= 11 is 0. The van der Waals surface area contributed by atoms with Crippen LogP contribution in [0.4, 0.5) is 0 Å². The summed E-state index contributed by atoms with van der Waals surface area (Å²) in [6.07, 6.45) is 10.7. The quantitative estimate of drug-likeness (QED) is 0.118. The zero-order chi connectivity index (χ0) is 45.5. The van der Waals surface area contributed by atoms with Crippen LogP contribution in [-0.4, -0.2) is 118 Å². The summed E-state index contributed by atoms with van der Waals surface area (Å²) < 4.78 is 40.6. The molecule has 6 bridgehead atoms. The zero-order valence-electron chi connectivity index (χ0n) is 37.2. The van der Waals surface area contributed by atoms with E-state index >= 15 is 0 Å². The summed E-state index contributed by atoms with van der Waals surface area (Å²) in [5.41, 5.74) is 1.01. The molecule has 62 heavy (non-hydrogen) atoms. The fourth-order valence-electron chi connectivity index (χ4n) is 7.44. The van der Waals surface area contributed by atoms with Crippen molar-refractivity contribution in [3.63, 3.8) is 0 Å². The van der Waals surface area contributed by atoms with Gasteiger partial charge in [0.1, 0.15) is 36.7 Å². The Labute approximate surface area is 363 Å². The predicted octanol–water partition coefficient (Wildman–Crippen LogP) is 5.97. The number of aromatic nitrogens is 3. The average molecular weight is 869 g/mol. The monoisotopic (exact) mass is 868 g/mol. The van der Waals surface area contributed by atoms with Crippen molar-refractivity contribution >= 4 is 24.2 Å². The van der Waals surface area contributed by atoms with E-state index in [1.54, 1.807) is 53.5 Å². The van der Waals surface area contributed by atoms with Gasteiger partial charge >= 0.3 is 5.97 Å². The smallest absolute Gasteiger partial charge is 0.308 e. The zero-order valence-corrected chi connectivity index (χ0v) is 37.2. The number of oxazole rings is 3. The van der Waals surface area contributed by atoms with Gasteiger partial charge in [0.05, 0.1) is 42.9 Å². The number of aliphatic hydroxyl groups excluding tert-OH is 3. The molecule has 0 aliphatic carbocycles. The van der Waals surface area contributed by atoms with Crippen molar-refractivity contribution in [2.45, 2.75) is 116 Å². The summed E-state index contributed by atoms with van der Waals surface area (Å²) in [5, 5.41) is 32.9. The van der Waals surface area contributed by atoms with Crippen molar-refractivity contribution in [2.24, 2.45) is 29.6 Å². The molecule has 1 aliphatic rings. The number of fused-ring (bicyclic) bond motifs is 8. The van der Waals surface area contributed by atoms with Crippen molar-refractivity contribution in [3.05, 3.63) is 60.9 Å². The lowest BCUT2D eigenvalue weighted by molar-refractivity contribution is -0.159. The van der Waals surface area contributed by atoms with Gasteiger partial charge in [0.15, 0.2) is 17.2 Å². The molecular weight excluding hydrogens is 805 g/mol. The Morgan fingerprint density at radius 2 is 1.58 bits per heavy atom. The SMILES string of the molecule is CO[C@H]1C/C=C/c2nc(co2)-c2nc(co2)-c2nc(co2)[C@@H](OC)[C@@H](C)C(=O)/C=C/C[C@H](O)CC(=O)O[C@@H](C[C@H](OC)[C@@H](C)CC[C@@H](O)[C@@H](C)[C@H](O)[C@H](C)/C=C/N(C)C=O)[C@@H]1C. The van der Waals surface area contributed by atoms with Gasteiger partial charge in [0.2, 0.25) is 24.1 Å². The van der Waals surface area contributed by atoms with Gasteiger partial charge in [-0.1, -0.05) is 52.8 Å². The van der Waals surface area contributed by atoms with E-state index in [-0.39, 0.29) is 60.5 Å². The van der Waals surface area contributed by atoms with Gasteiger partial charge in [-0.2, -0.15) is 0 Å². The molecule has 3 aromatic rings. The standard InChI is InChI=1S/C45H64N4O13/c1-26(16-17-36(53)28(3)42(55)27(2)18-19-49(6)25-50)38(57-8)21-39-30(5)37(56-7)14-11-15-40-46-33(23-59-40)44-48-34(24-61-44)45-47-32(22-60-45)43(58-9)29(4)35(52)13-10-12-31(51)20-41(54)62-39/h10-11,13,15,18-19,22-31,36-39,42-43,51,53,55H,12,14,16-17,20-21H2,1-9H3/b13-10+,15-11+,19-18+/t26-,27+,28+,29-,30+,31-,36+,37-,38-,39-,42+,43-/m0/s1. The maximum atomic E-state index is 13.5. The minimum absolute atomic E-state index is 0.0138. The molecule has 3 N–H and O–H groups in total. The molecule has 0 aromatic carbocycles. The Bertz CT molecular complexity index is 1940. The number of ether oxygens (including phenoxy) is 4. The number of allylic oxidation sites excluding steroid dienone is 1. The van der Waals surface area contributed by atoms with Gasteiger partial charge in [0.25, 0.3) is 0 Å². The number of ketones is 1. The highest BCUT2D eigenvalue weighted by Gasteiger charge is 2.34. The summed E-state index contributed by atoms with van der Waals surface area (Å²) in [6, 6.07) is 0. The number of hydrogen-bond acceptors (Lipinski definition) is 16. The van der Waals surface area contributed by atoms with E-state index in [4.69, 9.17) is 32.2 Å². The van der Waals surface area contributed by atoms with Gasteiger partial charge < -0.3 is 52.4 Å². The number of hydrogen-bond donors (Lipinski definition) is 3. The number of methoxy groups -OCH3 is 3. The van der Waals surface area contributed by atoms with Crippen LogP contribution in [-0.2, 0) is 33.3 Å². The summed E-state index contributed by atoms with van der Waals surface area (Å²) in [6.45, 7) is 9.21. The molecule has 12 atom stereocenters. The molecule has 1 aliphatic heterocycles. The van der Waals surface area contributed by atoms with Gasteiger partial charge in [-0.3, -0.25) is 14.4 Å². The third-order valence-corrected chi connectivity index (χ3v) is 11.7. The number of cyclic esters (lactones) is 1. The topological polar surface area (TPSA) is 230 Å². The summed E-state index contributed by atoms with van der Waals surface area (Å²) in [7, 11) is 6.21. The van der Waals surface area contributed by atoms with Crippen LogP contribution in [0.5, 0.6) is 0 Å². The molecule has 0 saturated carbocycles. The van der Waals surface area contributed by atoms with Crippen LogP contribution >= 0.6 is 0 Å². The number of amides is 1. The first-order chi connectivity index (χ1) is 29.6. The number of esters is 1. The third kappa shape index (κ3) is 13.9. The fourth-order valence-corrected chi connectivity index (χ4v) is 7.44. The van der Waals surface area contributed by atoms with Crippen molar-refractivity contribution < 1.29 is 61.9 Å². The van der Waals surface area contributed by atoms with Crippen molar-refractivity contribution in [1.82, 2.24) is 19.9 Å². The molecule has 0 unspecified atom stereocenters. The average Bonchev–Trinajstić information content (AvgIpc) is 4.06. The molecular formula is C45H64N4O13. The van der Waals surface area contributed by atoms with Crippen molar-refractivity contribution in [2.75, 3.05) is 28.4 Å². The molecule has 4 rings (SSSR count). The first-order valence-corrected chi connectivity index (χ1v) is 21.0. The minimum atomic E-state index is -1.14. The fraction of sp³-hybridized carbons (Fsp3) is 0.600. The Morgan fingerprint density at radius 3 is 2.27 bits per heavy atom. The lowest BCUT2D eigenvalue weighted by Gasteiger charge is -2.34. The lowest BCUT2D eigenvalue weighted by atomic mass is 9.84.